The molecule has 8 heteroatoms. The summed E-state index contributed by atoms with van der Waals surface area (Å²) in [6.07, 6.45) is 5.20. The SMILES string of the molecule is O=C(N[C@@H]1CCc2ccccc21)C1CCN(c2ncccc2-c2nc(-c3cccc(F)c3)no2)CC1. The summed E-state index contributed by atoms with van der Waals surface area (Å²) >= 11 is 0. The van der Waals surface area contributed by atoms with Gasteiger partial charge in [0.15, 0.2) is 0 Å². The Kier molecular flexibility index (Phi) is 5.93. The molecule has 1 amide bonds. The van der Waals surface area contributed by atoms with Gasteiger partial charge in [-0.1, -0.05) is 41.6 Å². The number of aryl methyl sites for hydroxylation is 1. The molecule has 6 rings (SSSR count). The zero-order chi connectivity index (χ0) is 24.5. The molecule has 0 saturated carbocycles. The number of pyridine rings is 1. The highest BCUT2D eigenvalue weighted by Gasteiger charge is 2.31. The lowest BCUT2D eigenvalue weighted by Crippen LogP contribution is -2.41. The molecule has 0 bridgehead atoms. The number of carbonyl (C=O) groups is 1. The van der Waals surface area contributed by atoms with Crippen LogP contribution in [-0.4, -0.2) is 34.1 Å². The first-order chi connectivity index (χ1) is 17.7. The van der Waals surface area contributed by atoms with Gasteiger partial charge >= 0.3 is 0 Å². The number of fused-ring (bicyclic) bond motifs is 1. The van der Waals surface area contributed by atoms with Gasteiger partial charge in [-0.15, -0.1) is 0 Å². The van der Waals surface area contributed by atoms with Gasteiger partial charge in [-0.05, 0) is 61.1 Å². The first kappa shape index (κ1) is 22.4. The largest absolute Gasteiger partial charge is 0.356 e. The Balaban J connectivity index is 1.13. The Morgan fingerprint density at radius 3 is 2.75 bits per heavy atom. The fraction of sp³-hybridized carbons (Fsp3) is 0.286. The van der Waals surface area contributed by atoms with E-state index < -0.39 is 0 Å². The van der Waals surface area contributed by atoms with Crippen molar-refractivity contribution >= 4 is 11.7 Å². The number of benzene rings is 2. The summed E-state index contributed by atoms with van der Waals surface area (Å²) in [5.41, 5.74) is 3.85. The summed E-state index contributed by atoms with van der Waals surface area (Å²) in [6.45, 7) is 1.41. The van der Waals surface area contributed by atoms with E-state index >= 15 is 0 Å². The van der Waals surface area contributed by atoms with E-state index in [-0.39, 0.29) is 23.7 Å². The minimum Gasteiger partial charge on any atom is -0.356 e. The highest BCUT2D eigenvalue weighted by molar-refractivity contribution is 5.80. The number of nitrogens with zero attached hydrogens (tertiary/aromatic N) is 4. The van der Waals surface area contributed by atoms with E-state index in [1.54, 1.807) is 18.3 Å². The molecule has 2 aromatic carbocycles. The average Bonchev–Trinajstić information content (AvgIpc) is 3.57. The Morgan fingerprint density at radius 1 is 1.03 bits per heavy atom. The molecule has 3 heterocycles. The first-order valence-corrected chi connectivity index (χ1v) is 12.3. The summed E-state index contributed by atoms with van der Waals surface area (Å²) < 4.78 is 19.2. The van der Waals surface area contributed by atoms with Gasteiger partial charge in [0, 0.05) is 30.8 Å². The number of amides is 1. The second-order valence-electron chi connectivity index (χ2n) is 9.37. The van der Waals surface area contributed by atoms with Gasteiger partial charge in [0.05, 0.1) is 11.6 Å². The molecule has 4 aromatic rings. The molecule has 0 spiro atoms. The molecular formula is C28H26FN5O2. The Labute approximate surface area is 208 Å². The molecule has 1 fully saturated rings. The third-order valence-corrected chi connectivity index (χ3v) is 7.14. The highest BCUT2D eigenvalue weighted by Crippen LogP contribution is 2.34. The lowest BCUT2D eigenvalue weighted by atomic mass is 9.95. The molecular weight excluding hydrogens is 457 g/mol. The number of hydrogen-bond donors (Lipinski definition) is 1. The summed E-state index contributed by atoms with van der Waals surface area (Å²) in [5.74, 6) is 1.15. The molecule has 182 valence electrons. The standard InChI is InChI=1S/C28H26FN5O2/c29-21-7-3-6-20(17-21)25-32-28(36-33-25)23-9-4-14-30-26(23)34-15-12-19(13-16-34)27(35)31-24-11-10-18-5-1-2-8-22(18)24/h1-9,14,17,19,24H,10-13,15-16H2,(H,31,35)/t24-/m1/s1. The maximum absolute atomic E-state index is 13.6. The molecule has 7 nitrogen and oxygen atoms in total. The minimum absolute atomic E-state index is 0.0239. The van der Waals surface area contributed by atoms with E-state index in [2.05, 4.69) is 43.5 Å². The molecule has 1 aliphatic heterocycles. The van der Waals surface area contributed by atoms with Crippen LogP contribution in [0.1, 0.15) is 36.4 Å². The van der Waals surface area contributed by atoms with Gasteiger partial charge in [0.1, 0.15) is 11.6 Å². The van der Waals surface area contributed by atoms with Crippen molar-refractivity contribution in [2.75, 3.05) is 18.0 Å². The van der Waals surface area contributed by atoms with Gasteiger partial charge in [-0.25, -0.2) is 9.37 Å². The van der Waals surface area contributed by atoms with Crippen molar-refractivity contribution < 1.29 is 13.7 Å². The van der Waals surface area contributed by atoms with Gasteiger partial charge in [-0.3, -0.25) is 4.79 Å². The van der Waals surface area contributed by atoms with E-state index in [4.69, 9.17) is 4.52 Å². The zero-order valence-electron chi connectivity index (χ0n) is 19.7. The predicted octanol–water partition coefficient (Wildman–Crippen LogP) is 4.96. The zero-order valence-corrected chi connectivity index (χ0v) is 19.7. The summed E-state index contributed by atoms with van der Waals surface area (Å²) in [7, 11) is 0. The molecule has 0 radical (unpaired) electrons. The first-order valence-electron chi connectivity index (χ1n) is 12.3. The molecule has 1 saturated heterocycles. The fourth-order valence-corrected chi connectivity index (χ4v) is 5.24. The number of carbonyl (C=O) groups excluding carboxylic acids is 1. The number of anilines is 1. The van der Waals surface area contributed by atoms with Crippen LogP contribution >= 0.6 is 0 Å². The normalized spacial score (nSPS) is 17.7. The minimum atomic E-state index is -0.357. The Bertz CT molecular complexity index is 1400. The van der Waals surface area contributed by atoms with Crippen LogP contribution in [0.25, 0.3) is 22.8 Å². The van der Waals surface area contributed by atoms with Crippen LogP contribution in [0.5, 0.6) is 0 Å². The van der Waals surface area contributed by atoms with Crippen LogP contribution in [0.15, 0.2) is 71.4 Å². The van der Waals surface area contributed by atoms with Gasteiger partial charge < -0.3 is 14.7 Å². The van der Waals surface area contributed by atoms with Crippen molar-refractivity contribution in [3.63, 3.8) is 0 Å². The monoisotopic (exact) mass is 483 g/mol. The van der Waals surface area contributed by atoms with Crippen molar-refractivity contribution in [1.82, 2.24) is 20.4 Å². The van der Waals surface area contributed by atoms with Crippen molar-refractivity contribution in [2.45, 2.75) is 31.7 Å². The van der Waals surface area contributed by atoms with Crippen LogP contribution in [0.4, 0.5) is 10.2 Å². The van der Waals surface area contributed by atoms with Crippen LogP contribution in [0.2, 0.25) is 0 Å². The second-order valence-corrected chi connectivity index (χ2v) is 9.37. The molecule has 1 N–H and O–H groups in total. The molecule has 1 aliphatic carbocycles. The van der Waals surface area contributed by atoms with Crippen molar-refractivity contribution in [2.24, 2.45) is 5.92 Å². The number of piperidine rings is 1. The highest BCUT2D eigenvalue weighted by atomic mass is 19.1. The second kappa shape index (κ2) is 9.53. The van der Waals surface area contributed by atoms with E-state index in [9.17, 15) is 9.18 Å². The molecule has 36 heavy (non-hydrogen) atoms. The van der Waals surface area contributed by atoms with Gasteiger partial charge in [0.2, 0.25) is 11.7 Å². The van der Waals surface area contributed by atoms with E-state index in [0.29, 0.717) is 30.4 Å². The summed E-state index contributed by atoms with van der Waals surface area (Å²) in [4.78, 5) is 24.3. The van der Waals surface area contributed by atoms with E-state index in [1.165, 1.54) is 23.3 Å². The van der Waals surface area contributed by atoms with E-state index in [1.807, 2.05) is 18.2 Å². The summed E-state index contributed by atoms with van der Waals surface area (Å²) in [6, 6.07) is 18.3. The lowest BCUT2D eigenvalue weighted by Gasteiger charge is -2.33. The number of nitrogens with one attached hydrogen (secondary N) is 1. The third kappa shape index (κ3) is 4.34. The van der Waals surface area contributed by atoms with Gasteiger partial charge in [0.25, 0.3) is 5.89 Å². The maximum atomic E-state index is 13.6. The molecule has 0 unspecified atom stereocenters. The topological polar surface area (TPSA) is 84.2 Å². The van der Waals surface area contributed by atoms with Crippen LogP contribution in [0.3, 0.4) is 0 Å². The molecule has 2 aromatic heterocycles. The van der Waals surface area contributed by atoms with Crippen LogP contribution < -0.4 is 10.2 Å². The quantitative estimate of drug-likeness (QED) is 0.432. The fourth-order valence-electron chi connectivity index (χ4n) is 5.24. The van der Waals surface area contributed by atoms with E-state index in [0.717, 1.165) is 37.1 Å². The summed E-state index contributed by atoms with van der Waals surface area (Å²) in [5, 5.41) is 7.32. The van der Waals surface area contributed by atoms with Crippen molar-refractivity contribution in [3.8, 4) is 22.8 Å². The van der Waals surface area contributed by atoms with Crippen LogP contribution in [0, 0.1) is 11.7 Å². The van der Waals surface area contributed by atoms with Crippen molar-refractivity contribution in [3.05, 3.63) is 83.8 Å². The van der Waals surface area contributed by atoms with Gasteiger partial charge in [-0.2, -0.15) is 4.98 Å². The third-order valence-electron chi connectivity index (χ3n) is 7.14. The average molecular weight is 484 g/mol. The lowest BCUT2D eigenvalue weighted by molar-refractivity contribution is -0.126. The number of hydrogen-bond acceptors (Lipinski definition) is 6. The predicted molar refractivity (Wildman–Crippen MR) is 134 cm³/mol. The van der Waals surface area contributed by atoms with Crippen LogP contribution in [-0.2, 0) is 11.2 Å². The molecule has 1 atom stereocenters. The number of halogens is 1. The molecule has 2 aliphatic rings. The number of aromatic nitrogens is 3. The smallest absolute Gasteiger partial charge is 0.261 e. The van der Waals surface area contributed by atoms with Crippen molar-refractivity contribution in [1.29, 1.82) is 0 Å². The Morgan fingerprint density at radius 2 is 1.89 bits per heavy atom. The number of rotatable bonds is 5. The maximum Gasteiger partial charge on any atom is 0.261 e. The Hall–Kier alpha value is -4.07.